The van der Waals surface area contributed by atoms with Crippen LogP contribution in [0.2, 0.25) is 5.28 Å². The fourth-order valence-corrected chi connectivity index (χ4v) is 2.07. The molecule has 0 bridgehead atoms. The van der Waals surface area contributed by atoms with E-state index in [0.717, 1.165) is 6.42 Å². The van der Waals surface area contributed by atoms with E-state index in [9.17, 15) is 10.1 Å². The highest BCUT2D eigenvalue weighted by Crippen LogP contribution is 2.30. The third kappa shape index (κ3) is 2.55. The third-order valence-electron chi connectivity index (χ3n) is 2.61. The van der Waals surface area contributed by atoms with Gasteiger partial charge in [-0.1, -0.05) is 6.92 Å². The average Bonchev–Trinajstić information content (AvgIpc) is 2.75. The predicted molar refractivity (Wildman–Crippen MR) is 69.9 cm³/mol. The first kappa shape index (κ1) is 13.4. The van der Waals surface area contributed by atoms with Gasteiger partial charge in [-0.3, -0.25) is 10.1 Å². The minimum Gasteiger partial charge on any atom is -0.329 e. The zero-order valence-corrected chi connectivity index (χ0v) is 11.3. The van der Waals surface area contributed by atoms with Gasteiger partial charge < -0.3 is 4.57 Å². The van der Waals surface area contributed by atoms with Crippen LogP contribution in [-0.2, 0) is 6.54 Å². The van der Waals surface area contributed by atoms with E-state index >= 15 is 0 Å². The van der Waals surface area contributed by atoms with E-state index in [2.05, 4.69) is 15.0 Å². The van der Waals surface area contributed by atoms with Crippen LogP contribution in [0.1, 0.15) is 19.0 Å². The van der Waals surface area contributed by atoms with Crippen molar-refractivity contribution in [3.05, 3.63) is 33.5 Å². The van der Waals surface area contributed by atoms with Crippen LogP contribution in [0.5, 0.6) is 0 Å². The highest BCUT2D eigenvalue weighted by Gasteiger charge is 2.25. The molecule has 0 radical (unpaired) electrons. The summed E-state index contributed by atoms with van der Waals surface area (Å²) in [6.07, 6.45) is 4.23. The van der Waals surface area contributed by atoms with E-state index in [-0.39, 0.29) is 22.4 Å². The van der Waals surface area contributed by atoms with Crippen molar-refractivity contribution in [3.63, 3.8) is 0 Å². The smallest absolute Gasteiger partial charge is 0.319 e. The number of imidazole rings is 1. The van der Waals surface area contributed by atoms with Crippen molar-refractivity contribution in [1.29, 1.82) is 0 Å². The molecule has 0 N–H and O–H groups in total. The summed E-state index contributed by atoms with van der Waals surface area (Å²) in [7, 11) is 0. The SMILES string of the molecule is CCCn1ccnc1-c1nc(Cl)nc(C)c1[N+](=O)[O-]. The Labute approximate surface area is 114 Å². The Morgan fingerprint density at radius 3 is 2.84 bits per heavy atom. The van der Waals surface area contributed by atoms with Crippen LogP contribution < -0.4 is 0 Å². The van der Waals surface area contributed by atoms with Crippen molar-refractivity contribution in [1.82, 2.24) is 19.5 Å². The number of nitrogens with zero attached hydrogens (tertiary/aromatic N) is 5. The van der Waals surface area contributed by atoms with Gasteiger partial charge in [-0.25, -0.2) is 15.0 Å². The molecule has 2 heterocycles. The second-order valence-electron chi connectivity index (χ2n) is 3.98. The minimum atomic E-state index is -0.508. The van der Waals surface area contributed by atoms with Gasteiger partial charge in [-0.2, -0.15) is 0 Å². The Morgan fingerprint density at radius 2 is 2.21 bits per heavy atom. The number of aromatic nitrogens is 4. The summed E-state index contributed by atoms with van der Waals surface area (Å²) in [5.74, 6) is 0.431. The quantitative estimate of drug-likeness (QED) is 0.488. The third-order valence-corrected chi connectivity index (χ3v) is 2.77. The Bertz CT molecular complexity index is 626. The Balaban J connectivity index is 2.66. The summed E-state index contributed by atoms with van der Waals surface area (Å²) in [5, 5.41) is 11.1. The lowest BCUT2D eigenvalue weighted by molar-refractivity contribution is -0.385. The summed E-state index contributed by atoms with van der Waals surface area (Å²) >= 11 is 5.79. The lowest BCUT2D eigenvalue weighted by atomic mass is 10.2. The molecule has 2 aromatic heterocycles. The van der Waals surface area contributed by atoms with Crippen LogP contribution in [0.15, 0.2) is 12.4 Å². The molecule has 0 spiro atoms. The van der Waals surface area contributed by atoms with Gasteiger partial charge in [-0.05, 0) is 24.9 Å². The molecule has 7 nitrogen and oxygen atoms in total. The molecule has 0 aliphatic rings. The van der Waals surface area contributed by atoms with E-state index in [1.165, 1.54) is 6.92 Å². The number of halogens is 1. The first-order valence-electron chi connectivity index (χ1n) is 5.74. The maximum absolute atomic E-state index is 11.2. The predicted octanol–water partition coefficient (Wildman–Crippen LogP) is 2.62. The van der Waals surface area contributed by atoms with E-state index in [4.69, 9.17) is 11.6 Å². The fourth-order valence-electron chi connectivity index (χ4n) is 1.86. The lowest BCUT2D eigenvalue weighted by Gasteiger charge is -2.07. The molecule has 2 rings (SSSR count). The summed E-state index contributed by atoms with van der Waals surface area (Å²) in [4.78, 5) is 22.6. The second-order valence-corrected chi connectivity index (χ2v) is 4.31. The first-order chi connectivity index (χ1) is 9.04. The van der Waals surface area contributed by atoms with Gasteiger partial charge >= 0.3 is 5.69 Å². The number of hydrogen-bond acceptors (Lipinski definition) is 5. The number of aryl methyl sites for hydroxylation is 2. The molecule has 0 saturated heterocycles. The van der Waals surface area contributed by atoms with Gasteiger partial charge in [0, 0.05) is 18.9 Å². The van der Waals surface area contributed by atoms with Crippen LogP contribution in [0, 0.1) is 17.0 Å². The zero-order chi connectivity index (χ0) is 14.0. The van der Waals surface area contributed by atoms with Gasteiger partial charge in [0.1, 0.15) is 5.69 Å². The van der Waals surface area contributed by atoms with Crippen LogP contribution in [0.3, 0.4) is 0 Å². The van der Waals surface area contributed by atoms with Gasteiger partial charge in [0.25, 0.3) is 0 Å². The second kappa shape index (κ2) is 5.31. The highest BCUT2D eigenvalue weighted by molar-refractivity contribution is 6.28. The molecule has 0 fully saturated rings. The monoisotopic (exact) mass is 281 g/mol. The summed E-state index contributed by atoms with van der Waals surface area (Å²) in [6.45, 7) is 4.24. The molecule has 8 heteroatoms. The number of rotatable bonds is 4. The molecule has 0 saturated carbocycles. The van der Waals surface area contributed by atoms with E-state index in [1.807, 2.05) is 11.5 Å². The molecule has 0 aliphatic heterocycles. The van der Waals surface area contributed by atoms with Crippen LogP contribution in [0.4, 0.5) is 5.69 Å². The molecule has 0 unspecified atom stereocenters. The molecule has 0 atom stereocenters. The zero-order valence-electron chi connectivity index (χ0n) is 10.5. The maximum atomic E-state index is 11.2. The van der Waals surface area contributed by atoms with Crippen molar-refractivity contribution in [2.24, 2.45) is 0 Å². The standard InChI is InChI=1S/C11H12ClN5O2/c1-3-5-16-6-4-13-10(16)8-9(17(18)19)7(2)14-11(12)15-8/h4,6H,3,5H2,1-2H3. The van der Waals surface area contributed by atoms with Crippen molar-refractivity contribution in [3.8, 4) is 11.5 Å². The molecule has 0 aliphatic carbocycles. The van der Waals surface area contributed by atoms with Crippen molar-refractivity contribution >= 4 is 17.3 Å². The molecule has 0 aromatic carbocycles. The van der Waals surface area contributed by atoms with Crippen LogP contribution >= 0.6 is 11.6 Å². The van der Waals surface area contributed by atoms with E-state index in [0.29, 0.717) is 12.4 Å². The first-order valence-corrected chi connectivity index (χ1v) is 6.12. The molecular weight excluding hydrogens is 270 g/mol. The summed E-state index contributed by atoms with van der Waals surface area (Å²) in [6, 6.07) is 0. The largest absolute Gasteiger partial charge is 0.329 e. The minimum absolute atomic E-state index is 0.0239. The van der Waals surface area contributed by atoms with Crippen LogP contribution in [-0.4, -0.2) is 24.4 Å². The molecule has 2 aromatic rings. The Hall–Kier alpha value is -2.02. The van der Waals surface area contributed by atoms with Crippen molar-refractivity contribution in [2.75, 3.05) is 0 Å². The van der Waals surface area contributed by atoms with Crippen molar-refractivity contribution in [2.45, 2.75) is 26.8 Å². The fraction of sp³-hybridized carbons (Fsp3) is 0.364. The van der Waals surface area contributed by atoms with Gasteiger partial charge in [0.2, 0.25) is 5.28 Å². The normalized spacial score (nSPS) is 10.7. The van der Waals surface area contributed by atoms with Gasteiger partial charge in [0.15, 0.2) is 11.5 Å². The Kier molecular flexibility index (Phi) is 3.75. The molecule has 19 heavy (non-hydrogen) atoms. The topological polar surface area (TPSA) is 86.7 Å². The summed E-state index contributed by atoms with van der Waals surface area (Å²) in [5.41, 5.74) is 0.222. The molecular formula is C11H12ClN5O2. The number of hydrogen-bond donors (Lipinski definition) is 0. The average molecular weight is 282 g/mol. The highest BCUT2D eigenvalue weighted by atomic mass is 35.5. The molecule has 100 valence electrons. The van der Waals surface area contributed by atoms with Crippen molar-refractivity contribution < 1.29 is 4.92 Å². The van der Waals surface area contributed by atoms with Gasteiger partial charge in [0.05, 0.1) is 4.92 Å². The molecule has 0 amide bonds. The summed E-state index contributed by atoms with van der Waals surface area (Å²) < 4.78 is 1.81. The van der Waals surface area contributed by atoms with Gasteiger partial charge in [-0.15, -0.1) is 0 Å². The van der Waals surface area contributed by atoms with E-state index in [1.54, 1.807) is 12.4 Å². The Morgan fingerprint density at radius 1 is 1.47 bits per heavy atom. The maximum Gasteiger partial charge on any atom is 0.319 e. The van der Waals surface area contributed by atoms with E-state index < -0.39 is 4.92 Å². The lowest BCUT2D eigenvalue weighted by Crippen LogP contribution is -2.06. The number of nitro groups is 1. The van der Waals surface area contributed by atoms with Crippen LogP contribution in [0.25, 0.3) is 11.5 Å².